The van der Waals surface area contributed by atoms with Gasteiger partial charge in [0.25, 0.3) is 23.6 Å². The summed E-state index contributed by atoms with van der Waals surface area (Å²) in [4.78, 5) is 53.0. The maximum absolute atomic E-state index is 12.8. The lowest BCUT2D eigenvalue weighted by molar-refractivity contribution is -0.141. The van der Waals surface area contributed by atoms with E-state index in [9.17, 15) is 19.2 Å². The van der Waals surface area contributed by atoms with E-state index in [2.05, 4.69) is 0 Å². The van der Waals surface area contributed by atoms with Gasteiger partial charge in [-0.3, -0.25) is 29.0 Å². The first-order chi connectivity index (χ1) is 13.1. The number of carbonyl (C=O) groups excluding carboxylic acids is 4. The maximum Gasteiger partial charge on any atom is 0.257 e. The molecule has 6 heteroatoms. The summed E-state index contributed by atoms with van der Waals surface area (Å²) in [5.41, 5.74) is 0.673. The van der Waals surface area contributed by atoms with Gasteiger partial charge in [-0.2, -0.15) is 0 Å². The molecule has 2 saturated carbocycles. The topological polar surface area (TPSA) is 74.8 Å². The van der Waals surface area contributed by atoms with Crippen molar-refractivity contribution in [2.24, 2.45) is 0 Å². The molecule has 0 spiro atoms. The SMILES string of the molecule is O=C1C=C(CC2=CC(=O)N(C3CCCCC3)C2=O)C(=O)N1C1CCCCC1. The number of imide groups is 2. The number of carbonyl (C=O) groups is 4. The van der Waals surface area contributed by atoms with Crippen LogP contribution in [0, 0.1) is 0 Å². The summed E-state index contributed by atoms with van der Waals surface area (Å²) in [5.74, 6) is -1.12. The molecule has 0 unspecified atom stereocenters. The molecule has 0 aromatic rings. The molecule has 0 atom stereocenters. The molecule has 2 heterocycles. The third kappa shape index (κ3) is 3.37. The van der Waals surface area contributed by atoms with E-state index in [1.807, 2.05) is 0 Å². The lowest BCUT2D eigenvalue weighted by atomic mass is 9.94. The van der Waals surface area contributed by atoms with E-state index in [4.69, 9.17) is 0 Å². The Balaban J connectivity index is 1.44. The minimum absolute atomic E-state index is 0.0267. The summed E-state index contributed by atoms with van der Waals surface area (Å²) in [6, 6.07) is -0.0535. The first-order valence-corrected chi connectivity index (χ1v) is 10.2. The normalized spacial score (nSPS) is 25.5. The molecular formula is C21H26N2O4. The van der Waals surface area contributed by atoms with E-state index in [-0.39, 0.29) is 42.1 Å². The van der Waals surface area contributed by atoms with Gasteiger partial charge in [0.05, 0.1) is 0 Å². The van der Waals surface area contributed by atoms with Crippen LogP contribution in [0.2, 0.25) is 0 Å². The summed E-state index contributed by atoms with van der Waals surface area (Å²) in [5, 5.41) is 0. The van der Waals surface area contributed by atoms with Gasteiger partial charge in [0.15, 0.2) is 0 Å². The molecule has 0 N–H and O–H groups in total. The van der Waals surface area contributed by atoms with Crippen LogP contribution in [0.1, 0.15) is 70.6 Å². The quantitative estimate of drug-likeness (QED) is 0.713. The molecule has 27 heavy (non-hydrogen) atoms. The van der Waals surface area contributed by atoms with Crippen LogP contribution >= 0.6 is 0 Å². The summed E-state index contributed by atoms with van der Waals surface area (Å²) >= 11 is 0. The summed E-state index contributed by atoms with van der Waals surface area (Å²) < 4.78 is 0. The fraction of sp³-hybridized carbons (Fsp3) is 0.619. The Labute approximate surface area is 159 Å². The van der Waals surface area contributed by atoms with Crippen LogP contribution in [0.4, 0.5) is 0 Å². The highest BCUT2D eigenvalue weighted by Gasteiger charge is 2.41. The number of hydrogen-bond acceptors (Lipinski definition) is 4. The van der Waals surface area contributed by atoms with Crippen LogP contribution in [-0.2, 0) is 19.2 Å². The molecule has 0 aromatic heterocycles. The Kier molecular flexibility index (Phi) is 4.98. The second kappa shape index (κ2) is 7.41. The zero-order valence-corrected chi connectivity index (χ0v) is 15.6. The molecule has 2 fully saturated rings. The van der Waals surface area contributed by atoms with E-state index in [1.165, 1.54) is 22.0 Å². The van der Waals surface area contributed by atoms with Crippen molar-refractivity contribution in [3.05, 3.63) is 23.3 Å². The Morgan fingerprint density at radius 1 is 0.630 bits per heavy atom. The largest absolute Gasteiger partial charge is 0.272 e. The Morgan fingerprint density at radius 2 is 1.00 bits per heavy atom. The van der Waals surface area contributed by atoms with Crippen LogP contribution in [0.3, 0.4) is 0 Å². The predicted molar refractivity (Wildman–Crippen MR) is 98.2 cm³/mol. The highest BCUT2D eigenvalue weighted by molar-refractivity contribution is 6.20. The van der Waals surface area contributed by atoms with Crippen molar-refractivity contribution in [1.82, 2.24) is 9.80 Å². The van der Waals surface area contributed by atoms with Gasteiger partial charge >= 0.3 is 0 Å². The lowest BCUT2D eigenvalue weighted by Gasteiger charge is -2.30. The predicted octanol–water partition coefficient (Wildman–Crippen LogP) is 2.63. The second-order valence-electron chi connectivity index (χ2n) is 8.13. The zero-order valence-electron chi connectivity index (χ0n) is 15.6. The average molecular weight is 370 g/mol. The van der Waals surface area contributed by atoms with Gasteiger partial charge in [0, 0.05) is 41.8 Å². The van der Waals surface area contributed by atoms with Crippen LogP contribution in [0.25, 0.3) is 0 Å². The van der Waals surface area contributed by atoms with Gasteiger partial charge in [0.2, 0.25) is 0 Å². The van der Waals surface area contributed by atoms with Crippen molar-refractivity contribution in [1.29, 1.82) is 0 Å². The molecule has 6 nitrogen and oxygen atoms in total. The molecule has 2 aliphatic carbocycles. The first-order valence-electron chi connectivity index (χ1n) is 10.2. The van der Waals surface area contributed by atoms with Crippen LogP contribution < -0.4 is 0 Å². The van der Waals surface area contributed by atoms with Gasteiger partial charge < -0.3 is 0 Å². The highest BCUT2D eigenvalue weighted by atomic mass is 16.2. The van der Waals surface area contributed by atoms with E-state index in [1.54, 1.807) is 0 Å². The van der Waals surface area contributed by atoms with Crippen LogP contribution in [-0.4, -0.2) is 45.5 Å². The third-order valence-electron chi connectivity index (χ3n) is 6.32. The molecular weight excluding hydrogens is 344 g/mol. The van der Waals surface area contributed by atoms with E-state index in [0.29, 0.717) is 11.1 Å². The van der Waals surface area contributed by atoms with Crippen molar-refractivity contribution >= 4 is 23.6 Å². The number of nitrogens with zero attached hydrogens (tertiary/aromatic N) is 2. The van der Waals surface area contributed by atoms with Gasteiger partial charge in [-0.15, -0.1) is 0 Å². The number of hydrogen-bond donors (Lipinski definition) is 0. The van der Waals surface area contributed by atoms with Gasteiger partial charge in [-0.05, 0) is 25.7 Å². The lowest BCUT2D eigenvalue weighted by Crippen LogP contribution is -2.42. The minimum Gasteiger partial charge on any atom is -0.272 e. The molecule has 4 aliphatic rings. The van der Waals surface area contributed by atoms with Gasteiger partial charge in [-0.1, -0.05) is 38.5 Å². The summed E-state index contributed by atoms with van der Waals surface area (Å²) in [7, 11) is 0. The van der Waals surface area contributed by atoms with E-state index < -0.39 is 0 Å². The Bertz CT molecular complexity index is 677. The molecule has 0 radical (unpaired) electrons. The molecule has 4 rings (SSSR count). The number of amides is 4. The molecule has 0 aromatic carbocycles. The second-order valence-corrected chi connectivity index (χ2v) is 8.13. The molecule has 144 valence electrons. The fourth-order valence-electron chi connectivity index (χ4n) is 4.90. The van der Waals surface area contributed by atoms with E-state index >= 15 is 0 Å². The molecule has 0 bridgehead atoms. The average Bonchev–Trinajstić information content (AvgIpc) is 3.11. The van der Waals surface area contributed by atoms with Crippen LogP contribution in [0.5, 0.6) is 0 Å². The molecule has 2 aliphatic heterocycles. The van der Waals surface area contributed by atoms with Gasteiger partial charge in [0.1, 0.15) is 0 Å². The zero-order chi connectivity index (χ0) is 19.0. The summed E-state index contributed by atoms with van der Waals surface area (Å²) in [6.07, 6.45) is 12.6. The van der Waals surface area contributed by atoms with Gasteiger partial charge in [-0.25, -0.2) is 0 Å². The molecule has 4 amide bonds. The first kappa shape index (κ1) is 18.1. The molecule has 0 saturated heterocycles. The van der Waals surface area contributed by atoms with Crippen molar-refractivity contribution in [3.63, 3.8) is 0 Å². The number of rotatable bonds is 4. The van der Waals surface area contributed by atoms with E-state index in [0.717, 1.165) is 64.2 Å². The van der Waals surface area contributed by atoms with Crippen LogP contribution in [0.15, 0.2) is 23.3 Å². The van der Waals surface area contributed by atoms with Crippen molar-refractivity contribution in [2.45, 2.75) is 82.7 Å². The smallest absolute Gasteiger partial charge is 0.257 e. The van der Waals surface area contributed by atoms with Crippen molar-refractivity contribution in [2.75, 3.05) is 0 Å². The Morgan fingerprint density at radius 3 is 1.37 bits per heavy atom. The summed E-state index contributed by atoms with van der Waals surface area (Å²) in [6.45, 7) is 0. The van der Waals surface area contributed by atoms with Crippen molar-refractivity contribution < 1.29 is 19.2 Å². The minimum atomic E-state index is -0.288. The fourth-order valence-corrected chi connectivity index (χ4v) is 4.90. The standard InChI is InChI=1S/C21H26N2O4/c24-18-12-14(20(26)22(18)16-7-3-1-4-8-16)11-15-13-19(25)23(21(15)27)17-9-5-2-6-10-17/h12-13,16-17H,1-11H2. The third-order valence-corrected chi connectivity index (χ3v) is 6.32. The maximum atomic E-state index is 12.8. The highest BCUT2D eigenvalue weighted by Crippen LogP contribution is 2.32. The Hall–Kier alpha value is -2.24. The monoisotopic (exact) mass is 370 g/mol. The van der Waals surface area contributed by atoms with Crippen molar-refractivity contribution in [3.8, 4) is 0 Å².